The molecule has 5 rings (SSSR count). The lowest BCUT2D eigenvalue weighted by Gasteiger charge is -2.25. The van der Waals surface area contributed by atoms with Gasteiger partial charge >= 0.3 is 5.97 Å². The zero-order chi connectivity index (χ0) is 26.8. The van der Waals surface area contributed by atoms with Crippen LogP contribution in [0.15, 0.2) is 94.2 Å². The Bertz CT molecular complexity index is 1690. The van der Waals surface area contributed by atoms with E-state index in [0.29, 0.717) is 20.6 Å². The van der Waals surface area contributed by atoms with Crippen molar-refractivity contribution in [2.75, 3.05) is 25.6 Å². The van der Waals surface area contributed by atoms with Gasteiger partial charge in [-0.1, -0.05) is 65.9 Å². The highest BCUT2D eigenvalue weighted by Crippen LogP contribution is 2.35. The predicted molar refractivity (Wildman–Crippen MR) is 148 cm³/mol. The third kappa shape index (κ3) is 4.82. The van der Waals surface area contributed by atoms with Crippen LogP contribution in [0.5, 0.6) is 0 Å². The number of rotatable bonds is 6. The second-order valence-corrected chi connectivity index (χ2v) is 9.98. The molecule has 0 bridgehead atoms. The Morgan fingerprint density at radius 3 is 2.37 bits per heavy atom. The van der Waals surface area contributed by atoms with Gasteiger partial charge in [-0.3, -0.25) is 9.36 Å². The summed E-state index contributed by atoms with van der Waals surface area (Å²) in [4.78, 5) is 34.5. The fourth-order valence-corrected chi connectivity index (χ4v) is 5.42. The third-order valence-electron chi connectivity index (χ3n) is 6.27. The summed E-state index contributed by atoms with van der Waals surface area (Å²) in [6, 6.07) is 22.2. The summed E-state index contributed by atoms with van der Waals surface area (Å²) in [5.41, 5.74) is 3.60. The highest BCUT2D eigenvalue weighted by molar-refractivity contribution is 7.07. The molecule has 0 spiro atoms. The molecule has 0 saturated carbocycles. The van der Waals surface area contributed by atoms with E-state index in [4.69, 9.17) is 9.73 Å². The Labute approximate surface area is 223 Å². The highest BCUT2D eigenvalue weighted by Gasteiger charge is 2.35. The minimum Gasteiger partial charge on any atom is -0.463 e. The molecule has 8 heteroatoms. The summed E-state index contributed by atoms with van der Waals surface area (Å²) >= 11 is 1.25. The van der Waals surface area contributed by atoms with E-state index >= 15 is 0 Å². The maximum absolute atomic E-state index is 13.9. The van der Waals surface area contributed by atoms with Crippen molar-refractivity contribution in [3.05, 3.63) is 127 Å². The molecular weight excluding hydrogens is 501 g/mol. The molecule has 3 aromatic carbocycles. The molecule has 0 aliphatic carbocycles. The van der Waals surface area contributed by atoms with E-state index in [-0.39, 0.29) is 17.7 Å². The van der Waals surface area contributed by atoms with Gasteiger partial charge in [-0.25, -0.2) is 14.2 Å². The lowest BCUT2D eigenvalue weighted by atomic mass is 9.93. The quantitative estimate of drug-likeness (QED) is 0.354. The molecule has 0 N–H and O–H groups in total. The maximum atomic E-state index is 13.9. The molecule has 38 heavy (non-hydrogen) atoms. The SMILES string of the molecule is CCOC(=O)C1=C(c2ccccc2)N=c2s/c(=C\c3ccc(N(C)C)cc3)c(=O)n2C1c1ccc(F)cc1. The van der Waals surface area contributed by atoms with E-state index in [1.807, 2.05) is 79.7 Å². The normalized spacial score (nSPS) is 15.2. The number of aromatic nitrogens is 1. The number of ether oxygens (including phenoxy) is 1. The van der Waals surface area contributed by atoms with Gasteiger partial charge in [0.2, 0.25) is 0 Å². The van der Waals surface area contributed by atoms with Crippen LogP contribution in [0.4, 0.5) is 10.1 Å². The van der Waals surface area contributed by atoms with Crippen LogP contribution in [0, 0.1) is 5.82 Å². The molecule has 1 aromatic heterocycles. The first kappa shape index (κ1) is 25.4. The van der Waals surface area contributed by atoms with Gasteiger partial charge < -0.3 is 9.64 Å². The lowest BCUT2D eigenvalue weighted by molar-refractivity contribution is -0.138. The first-order valence-electron chi connectivity index (χ1n) is 12.2. The van der Waals surface area contributed by atoms with Gasteiger partial charge in [0.25, 0.3) is 5.56 Å². The summed E-state index contributed by atoms with van der Waals surface area (Å²) in [5.74, 6) is -0.981. The molecule has 0 radical (unpaired) electrons. The summed E-state index contributed by atoms with van der Waals surface area (Å²) in [5, 5.41) is 0. The van der Waals surface area contributed by atoms with Crippen LogP contribution >= 0.6 is 11.3 Å². The summed E-state index contributed by atoms with van der Waals surface area (Å²) in [7, 11) is 3.93. The van der Waals surface area contributed by atoms with Gasteiger partial charge in [0.05, 0.1) is 28.5 Å². The van der Waals surface area contributed by atoms with E-state index in [1.54, 1.807) is 19.1 Å². The van der Waals surface area contributed by atoms with E-state index in [9.17, 15) is 14.0 Å². The zero-order valence-electron chi connectivity index (χ0n) is 21.2. The highest BCUT2D eigenvalue weighted by atomic mass is 32.1. The van der Waals surface area contributed by atoms with E-state index in [2.05, 4.69) is 0 Å². The van der Waals surface area contributed by atoms with Crippen LogP contribution in [0.2, 0.25) is 0 Å². The van der Waals surface area contributed by atoms with Gasteiger partial charge in [-0.2, -0.15) is 0 Å². The van der Waals surface area contributed by atoms with Crippen molar-refractivity contribution in [2.45, 2.75) is 13.0 Å². The van der Waals surface area contributed by atoms with Crippen LogP contribution in [0.1, 0.15) is 29.7 Å². The Morgan fingerprint density at radius 1 is 1.05 bits per heavy atom. The van der Waals surface area contributed by atoms with Crippen molar-refractivity contribution in [1.82, 2.24) is 4.57 Å². The second kappa shape index (κ2) is 10.6. The number of fused-ring (bicyclic) bond motifs is 1. The van der Waals surface area contributed by atoms with Crippen molar-refractivity contribution in [3.8, 4) is 0 Å². The number of nitrogens with zero attached hydrogens (tertiary/aromatic N) is 3. The number of carbonyl (C=O) groups excluding carboxylic acids is 1. The molecule has 4 aromatic rings. The zero-order valence-corrected chi connectivity index (χ0v) is 22.0. The van der Waals surface area contributed by atoms with Gasteiger partial charge in [-0.05, 0) is 48.4 Å². The van der Waals surface area contributed by atoms with Crippen molar-refractivity contribution in [2.24, 2.45) is 4.99 Å². The Morgan fingerprint density at radius 2 is 1.74 bits per heavy atom. The van der Waals surface area contributed by atoms with Crippen molar-refractivity contribution in [1.29, 1.82) is 0 Å². The molecule has 0 amide bonds. The fourth-order valence-electron chi connectivity index (χ4n) is 4.42. The van der Waals surface area contributed by atoms with Gasteiger partial charge in [-0.15, -0.1) is 0 Å². The molecule has 1 aliphatic heterocycles. The Balaban J connectivity index is 1.78. The largest absolute Gasteiger partial charge is 0.463 e. The number of thiazole rings is 1. The van der Waals surface area contributed by atoms with Gasteiger partial charge in [0.1, 0.15) is 5.82 Å². The monoisotopic (exact) mass is 527 g/mol. The first-order valence-corrected chi connectivity index (χ1v) is 13.0. The molecule has 0 saturated heterocycles. The minimum atomic E-state index is -0.834. The van der Waals surface area contributed by atoms with Crippen molar-refractivity contribution in [3.63, 3.8) is 0 Å². The average Bonchev–Trinajstić information content (AvgIpc) is 3.23. The van der Waals surface area contributed by atoms with Crippen molar-refractivity contribution >= 4 is 34.8 Å². The molecule has 1 atom stereocenters. The fraction of sp³-hybridized carbons (Fsp3) is 0.167. The number of anilines is 1. The minimum absolute atomic E-state index is 0.161. The number of halogens is 1. The predicted octanol–water partition coefficient (Wildman–Crippen LogP) is 4.14. The number of hydrogen-bond donors (Lipinski definition) is 0. The van der Waals surface area contributed by atoms with Gasteiger partial charge in [0.15, 0.2) is 4.80 Å². The maximum Gasteiger partial charge on any atom is 0.338 e. The first-order chi connectivity index (χ1) is 18.4. The molecule has 6 nitrogen and oxygen atoms in total. The standard InChI is InChI=1S/C30H26FN3O3S/c1-4-37-29(36)25-26(20-8-6-5-7-9-20)32-30-34(27(25)21-12-14-22(31)15-13-21)28(35)24(38-30)18-19-10-16-23(17-11-19)33(2)3/h5-18,27H,4H2,1-3H3/b24-18-. The molecule has 1 unspecified atom stereocenters. The van der Waals surface area contributed by atoms with Crippen LogP contribution < -0.4 is 19.8 Å². The van der Waals surface area contributed by atoms with E-state index in [0.717, 1.165) is 16.8 Å². The van der Waals surface area contributed by atoms with Gasteiger partial charge in [0, 0.05) is 25.3 Å². The van der Waals surface area contributed by atoms with E-state index < -0.39 is 17.8 Å². The second-order valence-electron chi connectivity index (χ2n) is 8.97. The van der Waals surface area contributed by atoms with Crippen LogP contribution in [0.25, 0.3) is 11.8 Å². The summed E-state index contributed by atoms with van der Waals surface area (Å²) in [6.45, 7) is 1.89. The van der Waals surface area contributed by atoms with E-state index in [1.165, 1.54) is 28.0 Å². The van der Waals surface area contributed by atoms with Crippen molar-refractivity contribution < 1.29 is 13.9 Å². The molecule has 1 aliphatic rings. The smallest absolute Gasteiger partial charge is 0.338 e. The number of hydrogen-bond acceptors (Lipinski definition) is 6. The molecular formula is C30H26FN3O3S. The molecule has 2 heterocycles. The number of carbonyl (C=O) groups is 1. The number of benzene rings is 3. The summed E-state index contributed by atoms with van der Waals surface area (Å²) < 4.78 is 21.3. The average molecular weight is 528 g/mol. The Hall–Kier alpha value is -4.30. The molecule has 0 fully saturated rings. The van der Waals surface area contributed by atoms with Crippen LogP contribution in [-0.4, -0.2) is 31.2 Å². The Kier molecular flexibility index (Phi) is 7.07. The summed E-state index contributed by atoms with van der Waals surface area (Å²) in [6.07, 6.45) is 1.82. The number of esters is 1. The topological polar surface area (TPSA) is 63.9 Å². The van der Waals surface area contributed by atoms with Crippen LogP contribution in [-0.2, 0) is 9.53 Å². The third-order valence-corrected chi connectivity index (χ3v) is 7.25. The van der Waals surface area contributed by atoms with Crippen LogP contribution in [0.3, 0.4) is 0 Å². The lowest BCUT2D eigenvalue weighted by Crippen LogP contribution is -2.40. The molecule has 192 valence electrons.